The van der Waals surface area contributed by atoms with Gasteiger partial charge in [0.25, 0.3) is 0 Å². The number of hydrogen-bond acceptors (Lipinski definition) is 4. The van der Waals surface area contributed by atoms with Crippen molar-refractivity contribution in [2.75, 3.05) is 6.61 Å². The molecule has 2 N–H and O–H groups in total. The van der Waals surface area contributed by atoms with Crippen LogP contribution in [0.4, 0.5) is 0 Å². The number of hydrogen-bond donors (Lipinski definition) is 2. The van der Waals surface area contributed by atoms with E-state index in [0.29, 0.717) is 12.2 Å². The highest BCUT2D eigenvalue weighted by Gasteiger charge is 2.50. The van der Waals surface area contributed by atoms with Crippen molar-refractivity contribution in [3.63, 3.8) is 0 Å². The third kappa shape index (κ3) is 3.92. The van der Waals surface area contributed by atoms with Gasteiger partial charge in [0.2, 0.25) is 0 Å². The first-order chi connectivity index (χ1) is 10.6. The molecule has 0 aromatic heterocycles. The second-order valence-corrected chi connectivity index (χ2v) is 9.35. The van der Waals surface area contributed by atoms with E-state index < -0.39 is 22.5 Å². The zero-order valence-corrected chi connectivity index (χ0v) is 16.7. The van der Waals surface area contributed by atoms with Gasteiger partial charge in [-0.2, -0.15) is 0 Å². The van der Waals surface area contributed by atoms with E-state index in [-0.39, 0.29) is 11.4 Å². The van der Waals surface area contributed by atoms with Gasteiger partial charge in [0, 0.05) is 5.92 Å². The molecule has 0 bridgehead atoms. The summed E-state index contributed by atoms with van der Waals surface area (Å²) in [6.45, 7) is 17.5. The van der Waals surface area contributed by atoms with Gasteiger partial charge in [0.15, 0.2) is 5.79 Å². The van der Waals surface area contributed by atoms with Crippen LogP contribution in [0.25, 0.3) is 0 Å². The second-order valence-electron chi connectivity index (χ2n) is 9.35. The monoisotopic (exact) mass is 338 g/mol. The van der Waals surface area contributed by atoms with Crippen molar-refractivity contribution >= 4 is 5.97 Å². The molecule has 1 aliphatic carbocycles. The smallest absolute Gasteiger partial charge is 0.315 e. The molecule has 0 saturated carbocycles. The summed E-state index contributed by atoms with van der Waals surface area (Å²) in [6.07, 6.45) is 3.59. The first-order valence-electron chi connectivity index (χ1n) is 8.63. The minimum Gasteiger partial charge on any atom is -0.465 e. The molecule has 0 aromatic carbocycles. The van der Waals surface area contributed by atoms with Crippen molar-refractivity contribution in [2.24, 2.45) is 22.2 Å². The van der Waals surface area contributed by atoms with Crippen LogP contribution in [0.1, 0.15) is 62.3 Å². The Labute approximate surface area is 146 Å². The Balaban J connectivity index is 3.57. The quantitative estimate of drug-likeness (QED) is 0.606. The standard InChI is InChI=1S/C20H34O4/c1-10-24-16(21)19(8,9)13-11-14(17(2,3)4)20(22,23)15(12-13)18(5,6)7/h11-12,14,22-23H,10H2,1-9H3. The summed E-state index contributed by atoms with van der Waals surface area (Å²) in [7, 11) is 0. The number of allylic oxidation sites excluding steroid dienone is 1. The number of carbonyl (C=O) groups excluding carboxylic acids is 1. The van der Waals surface area contributed by atoms with Crippen LogP contribution >= 0.6 is 0 Å². The van der Waals surface area contributed by atoms with Gasteiger partial charge in [0.05, 0.1) is 12.0 Å². The first kappa shape index (κ1) is 20.9. The molecule has 0 heterocycles. The zero-order valence-electron chi connectivity index (χ0n) is 16.7. The van der Waals surface area contributed by atoms with Crippen molar-refractivity contribution in [3.8, 4) is 0 Å². The summed E-state index contributed by atoms with van der Waals surface area (Å²) in [5, 5.41) is 21.8. The molecule has 24 heavy (non-hydrogen) atoms. The molecular formula is C20H34O4. The lowest BCUT2D eigenvalue weighted by atomic mass is 9.63. The van der Waals surface area contributed by atoms with E-state index in [1.165, 1.54) is 0 Å². The van der Waals surface area contributed by atoms with E-state index in [1.54, 1.807) is 13.0 Å². The third-order valence-electron chi connectivity index (χ3n) is 4.72. The van der Waals surface area contributed by atoms with Crippen molar-refractivity contribution in [3.05, 3.63) is 23.3 Å². The van der Waals surface area contributed by atoms with Crippen LogP contribution in [-0.4, -0.2) is 28.6 Å². The largest absolute Gasteiger partial charge is 0.465 e. The molecule has 0 aromatic rings. The minimum absolute atomic E-state index is 0.309. The third-order valence-corrected chi connectivity index (χ3v) is 4.72. The van der Waals surface area contributed by atoms with E-state index in [2.05, 4.69) is 0 Å². The van der Waals surface area contributed by atoms with Crippen LogP contribution in [0.2, 0.25) is 0 Å². The summed E-state index contributed by atoms with van der Waals surface area (Å²) in [6, 6.07) is 0. The van der Waals surface area contributed by atoms with Crippen LogP contribution in [0, 0.1) is 22.2 Å². The van der Waals surface area contributed by atoms with E-state index in [1.807, 2.05) is 61.5 Å². The maximum Gasteiger partial charge on any atom is 0.315 e. The van der Waals surface area contributed by atoms with E-state index in [0.717, 1.165) is 5.57 Å². The van der Waals surface area contributed by atoms with Gasteiger partial charge in [-0.05, 0) is 42.7 Å². The van der Waals surface area contributed by atoms with Gasteiger partial charge in [0.1, 0.15) is 0 Å². The summed E-state index contributed by atoms with van der Waals surface area (Å²) < 4.78 is 5.22. The molecule has 4 heteroatoms. The molecule has 138 valence electrons. The number of carbonyl (C=O) groups is 1. The summed E-state index contributed by atoms with van der Waals surface area (Å²) in [5.41, 5.74) is -0.400. The van der Waals surface area contributed by atoms with E-state index >= 15 is 0 Å². The van der Waals surface area contributed by atoms with Crippen LogP contribution in [0.5, 0.6) is 0 Å². The molecule has 0 saturated heterocycles. The molecular weight excluding hydrogens is 304 g/mol. The van der Waals surface area contributed by atoms with Gasteiger partial charge in [-0.15, -0.1) is 0 Å². The van der Waals surface area contributed by atoms with E-state index in [9.17, 15) is 15.0 Å². The van der Waals surface area contributed by atoms with Gasteiger partial charge in [-0.3, -0.25) is 4.79 Å². The van der Waals surface area contributed by atoms with Crippen molar-refractivity contribution in [1.82, 2.24) is 0 Å². The number of rotatable bonds is 3. The summed E-state index contributed by atoms with van der Waals surface area (Å²) in [5.74, 6) is -2.80. The minimum atomic E-state index is -1.95. The zero-order chi connectivity index (χ0) is 19.1. The molecule has 4 nitrogen and oxygen atoms in total. The SMILES string of the molecule is CCOC(=O)C(C)(C)C1=CC(C(C)(C)C)C(O)(O)C(C(C)(C)C)=C1. The fraction of sp³-hybridized carbons (Fsp3) is 0.750. The van der Waals surface area contributed by atoms with Crippen molar-refractivity contribution < 1.29 is 19.7 Å². The lowest BCUT2D eigenvalue weighted by molar-refractivity contribution is -0.189. The molecule has 0 amide bonds. The lowest BCUT2D eigenvalue weighted by Crippen LogP contribution is -2.50. The second kappa shape index (κ2) is 6.30. The van der Waals surface area contributed by atoms with Crippen LogP contribution < -0.4 is 0 Å². The Morgan fingerprint density at radius 2 is 1.62 bits per heavy atom. The fourth-order valence-electron chi connectivity index (χ4n) is 3.21. The molecule has 0 radical (unpaired) electrons. The number of aliphatic hydroxyl groups is 2. The summed E-state index contributed by atoms with van der Waals surface area (Å²) in [4.78, 5) is 12.4. The number of esters is 1. The van der Waals surface area contributed by atoms with Gasteiger partial charge in [-0.25, -0.2) is 0 Å². The normalized spacial score (nSPS) is 21.9. The Bertz CT molecular complexity index is 551. The molecule has 1 rings (SSSR count). The molecule has 1 unspecified atom stereocenters. The summed E-state index contributed by atoms with van der Waals surface area (Å²) >= 11 is 0. The predicted molar refractivity (Wildman–Crippen MR) is 96.1 cm³/mol. The Morgan fingerprint density at radius 3 is 2.00 bits per heavy atom. The average Bonchev–Trinajstić information content (AvgIpc) is 2.34. The van der Waals surface area contributed by atoms with Gasteiger partial charge in [-0.1, -0.05) is 53.7 Å². The Morgan fingerprint density at radius 1 is 1.12 bits per heavy atom. The maximum absolute atomic E-state index is 12.4. The molecule has 1 aliphatic rings. The van der Waals surface area contributed by atoms with Crippen LogP contribution in [0.3, 0.4) is 0 Å². The topological polar surface area (TPSA) is 66.8 Å². The lowest BCUT2D eigenvalue weighted by Gasteiger charge is -2.47. The van der Waals surface area contributed by atoms with Crippen molar-refractivity contribution in [1.29, 1.82) is 0 Å². The highest BCUT2D eigenvalue weighted by molar-refractivity contribution is 5.81. The number of ether oxygens (including phenoxy) is 1. The molecule has 0 aliphatic heterocycles. The maximum atomic E-state index is 12.4. The van der Waals surface area contributed by atoms with E-state index in [4.69, 9.17) is 4.74 Å². The highest BCUT2D eigenvalue weighted by Crippen LogP contribution is 2.50. The predicted octanol–water partition coefficient (Wildman–Crippen LogP) is 3.83. The Hall–Kier alpha value is -1.13. The average molecular weight is 338 g/mol. The molecule has 0 fully saturated rings. The van der Waals surface area contributed by atoms with Crippen LogP contribution in [-0.2, 0) is 9.53 Å². The molecule has 0 spiro atoms. The van der Waals surface area contributed by atoms with Crippen molar-refractivity contribution in [2.45, 2.75) is 68.1 Å². The van der Waals surface area contributed by atoms with Gasteiger partial charge >= 0.3 is 5.97 Å². The first-order valence-corrected chi connectivity index (χ1v) is 8.63. The fourth-order valence-corrected chi connectivity index (χ4v) is 3.21. The highest BCUT2D eigenvalue weighted by atomic mass is 16.5. The van der Waals surface area contributed by atoms with Crippen LogP contribution in [0.15, 0.2) is 23.3 Å². The van der Waals surface area contributed by atoms with Gasteiger partial charge < -0.3 is 14.9 Å². The Kier molecular flexibility index (Phi) is 5.49. The molecule has 1 atom stereocenters.